The van der Waals surface area contributed by atoms with Gasteiger partial charge in [0.1, 0.15) is 5.60 Å². The Hall–Kier alpha value is -2.03. The molecule has 0 saturated heterocycles. The fourth-order valence-electron chi connectivity index (χ4n) is 2.10. The van der Waals surface area contributed by atoms with Gasteiger partial charge in [-0.25, -0.2) is 4.79 Å². The van der Waals surface area contributed by atoms with Crippen LogP contribution in [0.4, 0.5) is 4.79 Å². The van der Waals surface area contributed by atoms with Crippen LogP contribution in [0.2, 0.25) is 0 Å². The number of ether oxygens (including phenoxy) is 2. The van der Waals surface area contributed by atoms with Crippen molar-refractivity contribution in [3.63, 3.8) is 0 Å². The molecule has 0 aliphatic heterocycles. The predicted molar refractivity (Wildman–Crippen MR) is 76.2 cm³/mol. The number of esters is 1. The number of hydrogen-bond acceptors (Lipinski definition) is 5. The zero-order chi connectivity index (χ0) is 16.0. The second-order valence-corrected chi connectivity index (χ2v) is 5.87. The molecular formula is C15H22N2O4. The van der Waals surface area contributed by atoms with Gasteiger partial charge in [-0.05, 0) is 46.6 Å². The average molecular weight is 294 g/mol. The number of hydrogen-bond donors (Lipinski definition) is 1. The number of allylic oxidation sites excluding steroid dienone is 1. The minimum Gasteiger partial charge on any atom is -0.466 e. The van der Waals surface area contributed by atoms with Gasteiger partial charge in [-0.15, -0.1) is 0 Å². The van der Waals surface area contributed by atoms with Crippen molar-refractivity contribution < 1.29 is 19.1 Å². The summed E-state index contributed by atoms with van der Waals surface area (Å²) >= 11 is 0. The summed E-state index contributed by atoms with van der Waals surface area (Å²) in [6.07, 6.45) is 1.97. The van der Waals surface area contributed by atoms with Crippen LogP contribution >= 0.6 is 0 Å². The van der Waals surface area contributed by atoms with Crippen LogP contribution in [0.1, 0.15) is 40.5 Å². The van der Waals surface area contributed by atoms with Crippen molar-refractivity contribution in [2.75, 3.05) is 6.61 Å². The third kappa shape index (κ3) is 5.46. The highest BCUT2D eigenvalue weighted by molar-refractivity contribution is 5.76. The monoisotopic (exact) mass is 294 g/mol. The smallest absolute Gasteiger partial charge is 0.408 e. The van der Waals surface area contributed by atoms with Crippen LogP contribution in [0.25, 0.3) is 0 Å². The third-order valence-corrected chi connectivity index (χ3v) is 2.96. The zero-order valence-corrected chi connectivity index (χ0v) is 12.9. The van der Waals surface area contributed by atoms with Gasteiger partial charge in [0, 0.05) is 5.57 Å². The molecule has 1 N–H and O–H groups in total. The standard InChI is InChI=1S/C15H22N2O4/c1-5-20-13(18)11-7-6-10(9-16)8-12(11)17-14(19)21-15(2,3)4/h8,11-12H,5-7H2,1-4H3,(H,17,19)/t11-,12+/m1/s1. The van der Waals surface area contributed by atoms with Gasteiger partial charge in [0.2, 0.25) is 0 Å². The summed E-state index contributed by atoms with van der Waals surface area (Å²) in [6, 6.07) is 1.48. The van der Waals surface area contributed by atoms with E-state index >= 15 is 0 Å². The molecule has 0 aromatic rings. The highest BCUT2D eigenvalue weighted by atomic mass is 16.6. The van der Waals surface area contributed by atoms with Crippen molar-refractivity contribution in [3.05, 3.63) is 11.6 Å². The normalized spacial score (nSPS) is 21.8. The first-order valence-corrected chi connectivity index (χ1v) is 7.03. The molecule has 1 rings (SSSR count). The largest absolute Gasteiger partial charge is 0.466 e. The van der Waals surface area contributed by atoms with E-state index in [1.165, 1.54) is 0 Å². The molecule has 1 amide bonds. The highest BCUT2D eigenvalue weighted by Crippen LogP contribution is 2.25. The zero-order valence-electron chi connectivity index (χ0n) is 12.9. The summed E-state index contributed by atoms with van der Waals surface area (Å²) in [7, 11) is 0. The maximum Gasteiger partial charge on any atom is 0.408 e. The van der Waals surface area contributed by atoms with Gasteiger partial charge in [-0.3, -0.25) is 4.79 Å². The van der Waals surface area contributed by atoms with Crippen LogP contribution < -0.4 is 5.32 Å². The van der Waals surface area contributed by atoms with Crippen LogP contribution in [-0.2, 0) is 14.3 Å². The van der Waals surface area contributed by atoms with Crippen LogP contribution in [0.5, 0.6) is 0 Å². The van der Waals surface area contributed by atoms with Gasteiger partial charge in [0.25, 0.3) is 0 Å². The summed E-state index contributed by atoms with van der Waals surface area (Å²) in [5.41, 5.74) is -0.0726. The Morgan fingerprint density at radius 1 is 1.48 bits per heavy atom. The Bertz CT molecular complexity index is 471. The number of carbonyl (C=O) groups excluding carboxylic acids is 2. The van der Waals surface area contributed by atoms with Crippen molar-refractivity contribution >= 4 is 12.1 Å². The highest BCUT2D eigenvalue weighted by Gasteiger charge is 2.33. The molecule has 0 radical (unpaired) electrons. The molecule has 0 unspecified atom stereocenters. The van der Waals surface area contributed by atoms with Crippen molar-refractivity contribution in [2.24, 2.45) is 5.92 Å². The molecule has 21 heavy (non-hydrogen) atoms. The van der Waals surface area contributed by atoms with Crippen molar-refractivity contribution in [1.82, 2.24) is 5.32 Å². The lowest BCUT2D eigenvalue weighted by Gasteiger charge is -2.29. The van der Waals surface area contributed by atoms with Crippen LogP contribution in [0.15, 0.2) is 11.6 Å². The summed E-state index contributed by atoms with van der Waals surface area (Å²) in [6.45, 7) is 7.28. The fraction of sp³-hybridized carbons (Fsp3) is 0.667. The maximum absolute atomic E-state index is 11.9. The van der Waals surface area contributed by atoms with Gasteiger partial charge >= 0.3 is 12.1 Å². The van der Waals surface area contributed by atoms with Crippen molar-refractivity contribution in [1.29, 1.82) is 5.26 Å². The summed E-state index contributed by atoms with van der Waals surface area (Å²) in [5, 5.41) is 11.6. The number of nitrogens with zero attached hydrogens (tertiary/aromatic N) is 1. The van der Waals surface area contributed by atoms with E-state index in [0.29, 0.717) is 18.4 Å². The molecule has 0 bridgehead atoms. The predicted octanol–water partition coefficient (Wildman–Crippen LogP) is 2.30. The minimum absolute atomic E-state index is 0.281. The molecule has 0 fully saturated rings. The molecule has 2 atom stereocenters. The van der Waals surface area contributed by atoms with Gasteiger partial charge in [-0.2, -0.15) is 5.26 Å². The number of carbonyl (C=O) groups is 2. The lowest BCUT2D eigenvalue weighted by molar-refractivity contribution is -0.148. The average Bonchev–Trinajstić information content (AvgIpc) is 2.36. The maximum atomic E-state index is 11.9. The summed E-state index contributed by atoms with van der Waals surface area (Å²) in [4.78, 5) is 23.8. The molecule has 6 nitrogen and oxygen atoms in total. The molecule has 0 saturated carbocycles. The summed E-state index contributed by atoms with van der Waals surface area (Å²) < 4.78 is 10.2. The fourth-order valence-corrected chi connectivity index (χ4v) is 2.10. The third-order valence-electron chi connectivity index (χ3n) is 2.96. The quantitative estimate of drug-likeness (QED) is 0.807. The molecule has 0 heterocycles. The Labute approximate surface area is 125 Å². The van der Waals surface area contributed by atoms with E-state index in [1.807, 2.05) is 0 Å². The number of alkyl carbamates (subject to hydrolysis) is 1. The molecule has 6 heteroatoms. The van der Waals surface area contributed by atoms with E-state index in [2.05, 4.69) is 11.4 Å². The van der Waals surface area contributed by atoms with Gasteiger partial charge < -0.3 is 14.8 Å². The van der Waals surface area contributed by atoms with E-state index in [-0.39, 0.29) is 12.6 Å². The molecule has 116 valence electrons. The molecule has 0 aromatic carbocycles. The Kier molecular flexibility index (Phi) is 5.77. The number of rotatable bonds is 3. The van der Waals surface area contributed by atoms with E-state index in [0.717, 1.165) is 0 Å². The number of nitrogens with one attached hydrogen (secondary N) is 1. The SMILES string of the molecule is CCOC(=O)[C@@H]1CCC(C#N)=C[C@@H]1NC(=O)OC(C)(C)C. The second kappa shape index (κ2) is 7.11. The van der Waals surface area contributed by atoms with Crippen LogP contribution in [0, 0.1) is 17.2 Å². The molecule has 1 aliphatic rings. The Morgan fingerprint density at radius 2 is 2.14 bits per heavy atom. The molecule has 0 spiro atoms. The van der Waals surface area contributed by atoms with Gasteiger partial charge in [-0.1, -0.05) is 0 Å². The Morgan fingerprint density at radius 3 is 2.67 bits per heavy atom. The van der Waals surface area contributed by atoms with E-state index in [4.69, 9.17) is 14.7 Å². The molecular weight excluding hydrogens is 272 g/mol. The van der Waals surface area contributed by atoms with E-state index < -0.39 is 23.7 Å². The van der Waals surface area contributed by atoms with Gasteiger partial charge in [0.05, 0.1) is 24.6 Å². The van der Waals surface area contributed by atoms with Crippen molar-refractivity contribution in [3.8, 4) is 6.07 Å². The van der Waals surface area contributed by atoms with Gasteiger partial charge in [0.15, 0.2) is 0 Å². The first-order chi connectivity index (χ1) is 9.76. The lowest BCUT2D eigenvalue weighted by Crippen LogP contribution is -2.46. The van der Waals surface area contributed by atoms with E-state index in [1.54, 1.807) is 33.8 Å². The Balaban J connectivity index is 2.82. The number of amides is 1. The lowest BCUT2D eigenvalue weighted by atomic mass is 9.86. The molecule has 0 aromatic heterocycles. The minimum atomic E-state index is -0.625. The number of nitriles is 1. The summed E-state index contributed by atoms with van der Waals surface area (Å²) in [5.74, 6) is -0.860. The van der Waals surface area contributed by atoms with E-state index in [9.17, 15) is 9.59 Å². The van der Waals surface area contributed by atoms with Crippen LogP contribution in [-0.4, -0.2) is 30.3 Å². The second-order valence-electron chi connectivity index (χ2n) is 5.87. The first kappa shape index (κ1) is 17.0. The van der Waals surface area contributed by atoms with Crippen molar-refractivity contribution in [2.45, 2.75) is 52.2 Å². The molecule has 1 aliphatic carbocycles. The topological polar surface area (TPSA) is 88.4 Å². The first-order valence-electron chi connectivity index (χ1n) is 7.03. The van der Waals surface area contributed by atoms with Crippen LogP contribution in [0.3, 0.4) is 0 Å².